The molecule has 3 heteroatoms. The van der Waals surface area contributed by atoms with Gasteiger partial charge in [0.2, 0.25) is 0 Å². The maximum Gasteiger partial charge on any atom is 0.0771 e. The van der Waals surface area contributed by atoms with Crippen molar-refractivity contribution in [1.29, 1.82) is 0 Å². The van der Waals surface area contributed by atoms with Crippen molar-refractivity contribution in [2.24, 2.45) is 11.1 Å². The fourth-order valence-corrected chi connectivity index (χ4v) is 2.88. The van der Waals surface area contributed by atoms with Crippen LogP contribution < -0.4 is 5.32 Å². The standard InChI is InChI=1S/C10H18N2O/c1-9(2)7-4-5-10(3,12-9)8(6-7)11-13/h7,12-13H,4-6H2,1-3H3/b11-8-. The van der Waals surface area contributed by atoms with Gasteiger partial charge in [0, 0.05) is 5.54 Å². The average Bonchev–Trinajstić information content (AvgIpc) is 2.01. The molecule has 0 radical (unpaired) electrons. The van der Waals surface area contributed by atoms with Crippen molar-refractivity contribution in [2.75, 3.05) is 0 Å². The van der Waals surface area contributed by atoms with E-state index in [0.29, 0.717) is 5.92 Å². The highest BCUT2D eigenvalue weighted by atomic mass is 16.4. The van der Waals surface area contributed by atoms with Crippen LogP contribution in [0.4, 0.5) is 0 Å². The molecule has 2 atom stereocenters. The van der Waals surface area contributed by atoms with E-state index in [0.717, 1.165) is 18.6 Å². The van der Waals surface area contributed by atoms with Crippen molar-refractivity contribution in [3.8, 4) is 0 Å². The third-order valence-corrected chi connectivity index (χ3v) is 3.81. The largest absolute Gasteiger partial charge is 0.411 e. The number of nitrogens with one attached hydrogen (secondary N) is 1. The van der Waals surface area contributed by atoms with E-state index in [9.17, 15) is 0 Å². The summed E-state index contributed by atoms with van der Waals surface area (Å²) in [6, 6.07) is 0. The molecular weight excluding hydrogens is 164 g/mol. The summed E-state index contributed by atoms with van der Waals surface area (Å²) in [5.74, 6) is 0.625. The van der Waals surface area contributed by atoms with E-state index in [4.69, 9.17) is 5.21 Å². The number of nitrogens with zero attached hydrogens (tertiary/aromatic N) is 1. The lowest BCUT2D eigenvalue weighted by Crippen LogP contribution is -2.69. The molecule has 74 valence electrons. The van der Waals surface area contributed by atoms with Crippen LogP contribution in [0, 0.1) is 5.92 Å². The fraction of sp³-hybridized carbons (Fsp3) is 0.900. The Hall–Kier alpha value is -0.570. The van der Waals surface area contributed by atoms with Crippen LogP contribution >= 0.6 is 0 Å². The second-order valence-electron chi connectivity index (χ2n) is 5.17. The van der Waals surface area contributed by atoms with Crippen molar-refractivity contribution in [1.82, 2.24) is 5.32 Å². The SMILES string of the molecule is CC12CCC(C/C1=N/O)C(C)(C)N2. The van der Waals surface area contributed by atoms with E-state index in [1.807, 2.05) is 0 Å². The molecule has 2 unspecified atom stereocenters. The Bertz CT molecular complexity index is 260. The van der Waals surface area contributed by atoms with Crippen molar-refractivity contribution >= 4 is 5.71 Å². The number of hydrogen-bond acceptors (Lipinski definition) is 3. The van der Waals surface area contributed by atoms with Gasteiger partial charge < -0.3 is 10.5 Å². The van der Waals surface area contributed by atoms with Gasteiger partial charge in [-0.05, 0) is 46.0 Å². The fourth-order valence-electron chi connectivity index (χ4n) is 2.88. The molecule has 3 nitrogen and oxygen atoms in total. The minimum absolute atomic E-state index is 0.0625. The second-order valence-corrected chi connectivity index (χ2v) is 5.17. The van der Waals surface area contributed by atoms with Gasteiger partial charge in [-0.15, -0.1) is 0 Å². The molecule has 2 N–H and O–H groups in total. The van der Waals surface area contributed by atoms with Gasteiger partial charge in [0.25, 0.3) is 0 Å². The van der Waals surface area contributed by atoms with E-state index < -0.39 is 0 Å². The van der Waals surface area contributed by atoms with Crippen LogP contribution in [0.1, 0.15) is 40.0 Å². The van der Waals surface area contributed by atoms with Crippen LogP contribution in [0.5, 0.6) is 0 Å². The summed E-state index contributed by atoms with van der Waals surface area (Å²) in [6.45, 7) is 6.62. The predicted molar refractivity (Wildman–Crippen MR) is 52.2 cm³/mol. The van der Waals surface area contributed by atoms with E-state index in [-0.39, 0.29) is 11.1 Å². The molecule has 2 bridgehead atoms. The zero-order valence-electron chi connectivity index (χ0n) is 8.59. The van der Waals surface area contributed by atoms with Crippen molar-refractivity contribution < 1.29 is 5.21 Å². The molecule has 2 saturated heterocycles. The van der Waals surface area contributed by atoms with E-state index in [1.165, 1.54) is 6.42 Å². The first kappa shape index (κ1) is 9.00. The lowest BCUT2D eigenvalue weighted by atomic mass is 9.63. The van der Waals surface area contributed by atoms with Crippen LogP contribution in [-0.2, 0) is 0 Å². The Labute approximate surface area is 79.2 Å². The molecule has 1 saturated carbocycles. The summed E-state index contributed by atoms with van der Waals surface area (Å²) in [4.78, 5) is 0. The highest BCUT2D eigenvalue weighted by Gasteiger charge is 2.50. The molecule has 0 aromatic rings. The highest BCUT2D eigenvalue weighted by molar-refractivity contribution is 5.94. The van der Waals surface area contributed by atoms with Crippen LogP contribution in [0.25, 0.3) is 0 Å². The monoisotopic (exact) mass is 182 g/mol. The molecule has 3 fully saturated rings. The zero-order chi connectivity index (χ0) is 9.69. The van der Waals surface area contributed by atoms with Gasteiger partial charge in [0.05, 0.1) is 11.3 Å². The quantitative estimate of drug-likeness (QED) is 0.443. The molecule has 13 heavy (non-hydrogen) atoms. The first-order valence-corrected chi connectivity index (χ1v) is 4.99. The maximum atomic E-state index is 8.90. The van der Waals surface area contributed by atoms with E-state index in [1.54, 1.807) is 0 Å². The van der Waals surface area contributed by atoms with Gasteiger partial charge in [-0.1, -0.05) is 5.16 Å². The molecule has 3 aliphatic rings. The van der Waals surface area contributed by atoms with Crippen molar-refractivity contribution in [3.05, 3.63) is 0 Å². The molecule has 2 heterocycles. The Morgan fingerprint density at radius 1 is 1.46 bits per heavy atom. The van der Waals surface area contributed by atoms with Crippen molar-refractivity contribution in [3.63, 3.8) is 0 Å². The average molecular weight is 182 g/mol. The lowest BCUT2D eigenvalue weighted by molar-refractivity contribution is 0.107. The molecule has 0 amide bonds. The van der Waals surface area contributed by atoms with Gasteiger partial charge >= 0.3 is 0 Å². The van der Waals surface area contributed by atoms with E-state index in [2.05, 4.69) is 31.2 Å². The maximum absolute atomic E-state index is 8.90. The van der Waals surface area contributed by atoms with Crippen LogP contribution in [0.3, 0.4) is 0 Å². The molecule has 2 aliphatic heterocycles. The Kier molecular flexibility index (Phi) is 1.71. The van der Waals surface area contributed by atoms with Gasteiger partial charge in [-0.2, -0.15) is 0 Å². The summed E-state index contributed by atoms with van der Waals surface area (Å²) < 4.78 is 0. The molecule has 0 spiro atoms. The molecule has 0 aromatic heterocycles. The first-order chi connectivity index (χ1) is 5.98. The zero-order valence-corrected chi connectivity index (χ0v) is 8.59. The number of hydrogen-bond donors (Lipinski definition) is 2. The third-order valence-electron chi connectivity index (χ3n) is 3.81. The summed E-state index contributed by atoms with van der Waals surface area (Å²) in [5.41, 5.74) is 1.07. The van der Waals surface area contributed by atoms with Gasteiger partial charge in [-0.25, -0.2) is 0 Å². The molecular formula is C10H18N2O. The smallest absolute Gasteiger partial charge is 0.0771 e. The Morgan fingerprint density at radius 3 is 2.62 bits per heavy atom. The Morgan fingerprint density at radius 2 is 2.15 bits per heavy atom. The minimum atomic E-state index is -0.0625. The van der Waals surface area contributed by atoms with Crippen molar-refractivity contribution in [2.45, 2.75) is 51.1 Å². The van der Waals surface area contributed by atoms with Crippen LogP contribution in [0.15, 0.2) is 5.16 Å². The first-order valence-electron chi connectivity index (χ1n) is 4.99. The third kappa shape index (κ3) is 1.17. The molecule has 1 aliphatic carbocycles. The summed E-state index contributed by atoms with van der Waals surface area (Å²) in [7, 11) is 0. The minimum Gasteiger partial charge on any atom is -0.411 e. The molecule has 0 aromatic carbocycles. The second kappa shape index (κ2) is 2.47. The lowest BCUT2D eigenvalue weighted by Gasteiger charge is -2.55. The van der Waals surface area contributed by atoms with E-state index >= 15 is 0 Å². The van der Waals surface area contributed by atoms with Crippen LogP contribution in [-0.4, -0.2) is 22.0 Å². The summed E-state index contributed by atoms with van der Waals surface area (Å²) in [5, 5.41) is 15.9. The summed E-state index contributed by atoms with van der Waals surface area (Å²) in [6.07, 6.45) is 3.29. The topological polar surface area (TPSA) is 44.6 Å². The summed E-state index contributed by atoms with van der Waals surface area (Å²) >= 11 is 0. The highest BCUT2D eigenvalue weighted by Crippen LogP contribution is 2.43. The number of piperidine rings is 2. The Balaban J connectivity index is 2.34. The van der Waals surface area contributed by atoms with Crippen LogP contribution in [0.2, 0.25) is 0 Å². The predicted octanol–water partition coefficient (Wildman–Crippen LogP) is 1.76. The van der Waals surface area contributed by atoms with Gasteiger partial charge in [0.15, 0.2) is 0 Å². The van der Waals surface area contributed by atoms with Gasteiger partial charge in [-0.3, -0.25) is 0 Å². The number of fused-ring (bicyclic) bond motifs is 3. The number of oxime groups is 1. The number of rotatable bonds is 0. The van der Waals surface area contributed by atoms with Gasteiger partial charge in [0.1, 0.15) is 0 Å². The normalized spacial score (nSPS) is 45.5. The molecule has 3 rings (SSSR count).